The van der Waals surface area contributed by atoms with Crippen molar-refractivity contribution in [2.75, 3.05) is 18.4 Å². The van der Waals surface area contributed by atoms with Gasteiger partial charge in [-0.15, -0.1) is 0 Å². The molecule has 0 aromatic heterocycles. The van der Waals surface area contributed by atoms with E-state index in [-0.39, 0.29) is 24.2 Å². The molecule has 0 spiro atoms. The molecule has 0 aliphatic carbocycles. The summed E-state index contributed by atoms with van der Waals surface area (Å²) in [6.07, 6.45) is 2.14. The van der Waals surface area contributed by atoms with Gasteiger partial charge in [-0.2, -0.15) is 0 Å². The molecule has 2 N–H and O–H groups in total. The Hall–Kier alpha value is -1.53. The summed E-state index contributed by atoms with van der Waals surface area (Å²) in [6.45, 7) is 2.66. The number of benzene rings is 1. The molecule has 0 bridgehead atoms. The lowest BCUT2D eigenvalue weighted by atomic mass is 10.1. The predicted octanol–water partition coefficient (Wildman–Crippen LogP) is 2.14. The molecule has 2 rings (SSSR count). The van der Waals surface area contributed by atoms with Crippen molar-refractivity contribution in [3.8, 4) is 0 Å². The number of nitrogens with one attached hydrogen (secondary N) is 1. The summed E-state index contributed by atoms with van der Waals surface area (Å²) in [7, 11) is 0. The Kier molecular flexibility index (Phi) is 5.25. The zero-order chi connectivity index (χ0) is 15.4. The average molecular weight is 298 g/mol. The molecule has 21 heavy (non-hydrogen) atoms. The first-order chi connectivity index (χ1) is 9.95. The summed E-state index contributed by atoms with van der Waals surface area (Å²) in [6, 6.07) is 3.22. The van der Waals surface area contributed by atoms with E-state index in [0.717, 1.165) is 31.5 Å². The zero-order valence-electron chi connectivity index (χ0n) is 12.0. The van der Waals surface area contributed by atoms with Crippen molar-refractivity contribution in [2.24, 2.45) is 0 Å². The number of likely N-dealkylation sites (tertiary alicyclic amines) is 1. The minimum atomic E-state index is -0.787. The maximum atomic E-state index is 13.5. The molecule has 1 saturated heterocycles. The van der Waals surface area contributed by atoms with Gasteiger partial charge in [-0.25, -0.2) is 8.78 Å². The Morgan fingerprint density at radius 1 is 1.52 bits per heavy atom. The third kappa shape index (κ3) is 4.47. The normalized spacial score (nSPS) is 20.5. The lowest BCUT2D eigenvalue weighted by molar-refractivity contribution is -0.117. The number of carbonyl (C=O) groups is 1. The highest BCUT2D eigenvalue weighted by molar-refractivity contribution is 5.92. The number of carbonyl (C=O) groups excluding carboxylic acids is 1. The van der Waals surface area contributed by atoms with E-state index in [1.807, 2.05) is 4.90 Å². The van der Waals surface area contributed by atoms with Gasteiger partial charge >= 0.3 is 0 Å². The van der Waals surface area contributed by atoms with Gasteiger partial charge in [0.1, 0.15) is 11.6 Å². The molecule has 1 aliphatic rings. The molecule has 1 heterocycles. The van der Waals surface area contributed by atoms with Crippen molar-refractivity contribution in [2.45, 2.75) is 38.3 Å². The van der Waals surface area contributed by atoms with Crippen LogP contribution in [0.4, 0.5) is 14.5 Å². The van der Waals surface area contributed by atoms with E-state index in [1.165, 1.54) is 6.07 Å². The minimum absolute atomic E-state index is 0.0207. The maximum absolute atomic E-state index is 13.5. The summed E-state index contributed by atoms with van der Waals surface area (Å²) in [5, 5.41) is 11.9. The third-order valence-corrected chi connectivity index (χ3v) is 3.66. The molecule has 1 aliphatic heterocycles. The molecule has 2 unspecified atom stereocenters. The Morgan fingerprint density at radius 2 is 2.29 bits per heavy atom. The van der Waals surface area contributed by atoms with Gasteiger partial charge in [0.15, 0.2) is 0 Å². The maximum Gasteiger partial charge on any atom is 0.238 e. The monoisotopic (exact) mass is 298 g/mol. The number of aliphatic hydroxyl groups is 1. The largest absolute Gasteiger partial charge is 0.393 e. The number of amides is 1. The van der Waals surface area contributed by atoms with E-state index in [0.29, 0.717) is 6.42 Å². The van der Waals surface area contributed by atoms with Crippen LogP contribution < -0.4 is 5.32 Å². The molecule has 1 aromatic rings. The summed E-state index contributed by atoms with van der Waals surface area (Å²) >= 11 is 0. The molecule has 0 radical (unpaired) electrons. The molecular formula is C15H20F2N2O2. The SMILES string of the molecule is CC(O)CC1CCCN1CC(=O)Nc1ccc(F)cc1F. The van der Waals surface area contributed by atoms with Gasteiger partial charge in [0, 0.05) is 12.1 Å². The highest BCUT2D eigenvalue weighted by Crippen LogP contribution is 2.21. The van der Waals surface area contributed by atoms with Crippen molar-refractivity contribution >= 4 is 11.6 Å². The Bertz CT molecular complexity index is 508. The summed E-state index contributed by atoms with van der Waals surface area (Å²) in [4.78, 5) is 14.0. The molecule has 6 heteroatoms. The summed E-state index contributed by atoms with van der Waals surface area (Å²) in [5.41, 5.74) is -0.0207. The van der Waals surface area contributed by atoms with E-state index in [9.17, 15) is 18.7 Å². The smallest absolute Gasteiger partial charge is 0.238 e. The van der Waals surface area contributed by atoms with Crippen molar-refractivity contribution in [3.05, 3.63) is 29.8 Å². The molecular weight excluding hydrogens is 278 g/mol. The van der Waals surface area contributed by atoms with Crippen molar-refractivity contribution < 1.29 is 18.7 Å². The molecule has 1 amide bonds. The van der Waals surface area contributed by atoms with Gasteiger partial charge in [0.05, 0.1) is 18.3 Å². The first-order valence-corrected chi connectivity index (χ1v) is 7.12. The van der Waals surface area contributed by atoms with Crippen LogP contribution in [-0.4, -0.2) is 41.1 Å². The fourth-order valence-electron chi connectivity index (χ4n) is 2.73. The van der Waals surface area contributed by atoms with Gasteiger partial charge in [-0.3, -0.25) is 9.69 Å². The Morgan fingerprint density at radius 3 is 2.95 bits per heavy atom. The van der Waals surface area contributed by atoms with Crippen LogP contribution in [0.2, 0.25) is 0 Å². The van der Waals surface area contributed by atoms with Crippen molar-refractivity contribution in [1.29, 1.82) is 0 Å². The first-order valence-electron chi connectivity index (χ1n) is 7.12. The van der Waals surface area contributed by atoms with Crippen molar-refractivity contribution in [3.63, 3.8) is 0 Å². The van der Waals surface area contributed by atoms with E-state index in [4.69, 9.17) is 0 Å². The van der Waals surface area contributed by atoms with Crippen LogP contribution in [0.15, 0.2) is 18.2 Å². The van der Waals surface area contributed by atoms with Gasteiger partial charge in [0.2, 0.25) is 5.91 Å². The van der Waals surface area contributed by atoms with Gasteiger partial charge in [-0.1, -0.05) is 0 Å². The predicted molar refractivity (Wildman–Crippen MR) is 75.9 cm³/mol. The number of nitrogens with zero attached hydrogens (tertiary/aromatic N) is 1. The Labute approximate surface area is 122 Å². The standard InChI is InChI=1S/C15H20F2N2O2/c1-10(20)7-12-3-2-6-19(12)9-15(21)18-14-5-4-11(16)8-13(14)17/h4-5,8,10,12,20H,2-3,6-7,9H2,1H3,(H,18,21). The van der Waals surface area contributed by atoms with Crippen LogP contribution in [0, 0.1) is 11.6 Å². The van der Waals surface area contributed by atoms with Gasteiger partial charge in [0.25, 0.3) is 0 Å². The summed E-state index contributed by atoms with van der Waals surface area (Å²) < 4.78 is 26.3. The van der Waals surface area contributed by atoms with Crippen LogP contribution in [0.5, 0.6) is 0 Å². The lowest BCUT2D eigenvalue weighted by Gasteiger charge is -2.24. The number of rotatable bonds is 5. The number of anilines is 1. The molecule has 0 saturated carbocycles. The fourth-order valence-corrected chi connectivity index (χ4v) is 2.73. The van der Waals surface area contributed by atoms with E-state index in [2.05, 4.69) is 5.32 Å². The Balaban J connectivity index is 1.92. The highest BCUT2D eigenvalue weighted by atomic mass is 19.1. The molecule has 2 atom stereocenters. The first kappa shape index (κ1) is 15.9. The molecule has 1 aromatic carbocycles. The van der Waals surface area contributed by atoms with Crippen LogP contribution in [-0.2, 0) is 4.79 Å². The quantitative estimate of drug-likeness (QED) is 0.875. The van der Waals surface area contributed by atoms with E-state index < -0.39 is 17.7 Å². The fraction of sp³-hybridized carbons (Fsp3) is 0.533. The molecule has 116 valence electrons. The second-order valence-corrected chi connectivity index (χ2v) is 5.52. The van der Waals surface area contributed by atoms with Crippen LogP contribution in [0.1, 0.15) is 26.2 Å². The highest BCUT2D eigenvalue weighted by Gasteiger charge is 2.27. The number of hydrogen-bond donors (Lipinski definition) is 2. The lowest BCUT2D eigenvalue weighted by Crippen LogP contribution is -2.38. The number of aliphatic hydroxyl groups excluding tert-OH is 1. The van der Waals surface area contributed by atoms with Gasteiger partial charge in [-0.05, 0) is 44.9 Å². The second-order valence-electron chi connectivity index (χ2n) is 5.52. The van der Waals surface area contributed by atoms with E-state index in [1.54, 1.807) is 6.92 Å². The van der Waals surface area contributed by atoms with Crippen LogP contribution in [0.25, 0.3) is 0 Å². The zero-order valence-corrected chi connectivity index (χ0v) is 12.0. The molecule has 1 fully saturated rings. The van der Waals surface area contributed by atoms with Crippen molar-refractivity contribution in [1.82, 2.24) is 4.90 Å². The van der Waals surface area contributed by atoms with Gasteiger partial charge < -0.3 is 10.4 Å². The van der Waals surface area contributed by atoms with Crippen LogP contribution >= 0.6 is 0 Å². The molecule has 4 nitrogen and oxygen atoms in total. The second kappa shape index (κ2) is 6.95. The topological polar surface area (TPSA) is 52.6 Å². The third-order valence-electron chi connectivity index (χ3n) is 3.66. The van der Waals surface area contributed by atoms with E-state index >= 15 is 0 Å². The van der Waals surface area contributed by atoms with Crippen LogP contribution in [0.3, 0.4) is 0 Å². The number of hydrogen-bond acceptors (Lipinski definition) is 3. The number of halogens is 2. The summed E-state index contributed by atoms with van der Waals surface area (Å²) in [5.74, 6) is -1.80. The average Bonchev–Trinajstić information content (AvgIpc) is 2.79. The minimum Gasteiger partial charge on any atom is -0.393 e.